The Morgan fingerprint density at radius 2 is 1.30 bits per heavy atom. The fourth-order valence-electron chi connectivity index (χ4n) is 6.00. The molecule has 0 radical (unpaired) electrons. The maximum absolute atomic E-state index is 3.92. The van der Waals surface area contributed by atoms with E-state index < -0.39 is 0 Å². The Morgan fingerprint density at radius 1 is 0.636 bits per heavy atom. The predicted octanol–water partition coefficient (Wildman–Crippen LogP) is 9.55. The lowest BCUT2D eigenvalue weighted by molar-refractivity contribution is 0.125. The lowest BCUT2D eigenvalue weighted by Crippen LogP contribution is -2.42. The molecule has 5 aromatic rings. The van der Waals surface area contributed by atoms with Gasteiger partial charge in [0.1, 0.15) is 0 Å². The van der Waals surface area contributed by atoms with Crippen molar-refractivity contribution in [1.82, 2.24) is 0 Å². The molecular formula is C31H31NS. The predicted molar refractivity (Wildman–Crippen MR) is 146 cm³/mol. The molecule has 0 unspecified atom stereocenters. The Kier molecular flexibility index (Phi) is 4.15. The van der Waals surface area contributed by atoms with Crippen molar-refractivity contribution in [3.05, 3.63) is 83.9 Å². The molecule has 166 valence electrons. The summed E-state index contributed by atoms with van der Waals surface area (Å²) in [5.41, 5.74) is 5.58. The van der Waals surface area contributed by atoms with Gasteiger partial charge in [-0.25, -0.2) is 0 Å². The third-order valence-corrected chi connectivity index (χ3v) is 10.3. The first kappa shape index (κ1) is 20.7. The Hall–Kier alpha value is -2.84. The highest BCUT2D eigenvalue weighted by atomic mass is 32.1. The summed E-state index contributed by atoms with van der Waals surface area (Å²) in [6, 6.07) is 26.8. The fourth-order valence-corrected chi connectivity index (χ4v) is 7.14. The largest absolute Gasteiger partial charge is 0.355 e. The molecule has 1 nitrogen and oxygen atoms in total. The van der Waals surface area contributed by atoms with Crippen LogP contribution >= 0.6 is 11.3 Å². The zero-order valence-corrected chi connectivity index (χ0v) is 21.2. The van der Waals surface area contributed by atoms with Crippen LogP contribution in [0.3, 0.4) is 0 Å². The monoisotopic (exact) mass is 449 g/mol. The number of rotatable bonds is 2. The minimum absolute atomic E-state index is 0.0277. The zero-order chi connectivity index (χ0) is 23.2. The second-order valence-electron chi connectivity index (χ2n) is 11.2. The van der Waals surface area contributed by atoms with Crippen molar-refractivity contribution in [2.45, 2.75) is 52.4 Å². The van der Waals surface area contributed by atoms with Crippen LogP contribution in [0.15, 0.2) is 72.8 Å². The minimum Gasteiger partial charge on any atom is -0.355 e. The van der Waals surface area contributed by atoms with Crippen LogP contribution in [-0.2, 0) is 10.8 Å². The Morgan fingerprint density at radius 3 is 2.09 bits per heavy atom. The summed E-state index contributed by atoms with van der Waals surface area (Å²) in [5, 5.41) is 9.22. The lowest BCUT2D eigenvalue weighted by Gasteiger charge is -2.44. The van der Waals surface area contributed by atoms with Crippen LogP contribution in [-0.4, -0.2) is 0 Å². The summed E-state index contributed by atoms with van der Waals surface area (Å²) in [5.74, 6) is 0. The van der Waals surface area contributed by atoms with Gasteiger partial charge in [0.25, 0.3) is 0 Å². The molecule has 0 fully saturated rings. The van der Waals surface area contributed by atoms with Gasteiger partial charge in [0, 0.05) is 31.2 Å². The van der Waals surface area contributed by atoms with Crippen molar-refractivity contribution in [2.75, 3.05) is 5.32 Å². The Bertz CT molecular complexity index is 1560. The maximum Gasteiger partial charge on any atom is 0.0505 e. The van der Waals surface area contributed by atoms with Gasteiger partial charge in [-0.15, -0.1) is 11.3 Å². The van der Waals surface area contributed by atoms with Crippen molar-refractivity contribution < 1.29 is 0 Å². The van der Waals surface area contributed by atoms with E-state index in [1.165, 1.54) is 47.8 Å². The molecule has 1 N–H and O–H groups in total. The molecule has 1 aliphatic rings. The number of nitrogens with one attached hydrogen (secondary N) is 1. The summed E-state index contributed by atoms with van der Waals surface area (Å²) in [7, 11) is 0. The molecule has 6 rings (SSSR count). The Balaban J connectivity index is 1.60. The SMILES string of the molecule is CC1(C)c2cc3ccccc3c(Nc3ccc4c(c3)sc3ccccc34)c2C(C)(C)C1(C)C. The molecule has 0 atom stereocenters. The van der Waals surface area contributed by atoms with Gasteiger partial charge in [-0.3, -0.25) is 0 Å². The van der Waals surface area contributed by atoms with Gasteiger partial charge < -0.3 is 5.32 Å². The quantitative estimate of drug-likeness (QED) is 0.283. The molecule has 0 bridgehead atoms. The minimum atomic E-state index is 0.0277. The molecule has 0 saturated carbocycles. The second-order valence-corrected chi connectivity index (χ2v) is 12.3. The van der Waals surface area contributed by atoms with Crippen molar-refractivity contribution in [1.29, 1.82) is 0 Å². The van der Waals surface area contributed by atoms with Crippen molar-refractivity contribution in [2.24, 2.45) is 5.41 Å². The van der Waals surface area contributed by atoms with E-state index in [1.807, 2.05) is 11.3 Å². The summed E-state index contributed by atoms with van der Waals surface area (Å²) < 4.78 is 2.68. The van der Waals surface area contributed by atoms with Crippen LogP contribution in [0.25, 0.3) is 30.9 Å². The smallest absolute Gasteiger partial charge is 0.0505 e. The normalized spacial score (nSPS) is 18.1. The molecular weight excluding hydrogens is 418 g/mol. The zero-order valence-electron chi connectivity index (χ0n) is 20.3. The summed E-state index contributed by atoms with van der Waals surface area (Å²) in [6.07, 6.45) is 0. The van der Waals surface area contributed by atoms with E-state index in [2.05, 4.69) is 120 Å². The molecule has 1 aromatic heterocycles. The van der Waals surface area contributed by atoms with Gasteiger partial charge in [-0.2, -0.15) is 0 Å². The summed E-state index contributed by atoms with van der Waals surface area (Å²) >= 11 is 1.87. The van der Waals surface area contributed by atoms with Crippen LogP contribution in [0.2, 0.25) is 0 Å². The van der Waals surface area contributed by atoms with E-state index in [1.54, 1.807) is 0 Å². The van der Waals surface area contributed by atoms with E-state index in [9.17, 15) is 0 Å². The maximum atomic E-state index is 3.92. The second kappa shape index (κ2) is 6.61. The summed E-state index contributed by atoms with van der Waals surface area (Å²) in [6.45, 7) is 14.6. The molecule has 33 heavy (non-hydrogen) atoms. The van der Waals surface area contributed by atoms with E-state index in [-0.39, 0.29) is 16.2 Å². The van der Waals surface area contributed by atoms with Gasteiger partial charge in [0.05, 0.1) is 5.69 Å². The first-order valence-corrected chi connectivity index (χ1v) is 12.7. The lowest BCUT2D eigenvalue weighted by atomic mass is 9.59. The average molecular weight is 450 g/mol. The number of hydrogen-bond donors (Lipinski definition) is 1. The van der Waals surface area contributed by atoms with Gasteiger partial charge in [-0.1, -0.05) is 96.1 Å². The van der Waals surface area contributed by atoms with E-state index in [0.717, 1.165) is 5.69 Å². The number of benzene rings is 4. The fraction of sp³-hybridized carbons (Fsp3) is 0.290. The number of fused-ring (bicyclic) bond motifs is 5. The van der Waals surface area contributed by atoms with Gasteiger partial charge in [-0.05, 0) is 51.0 Å². The summed E-state index contributed by atoms with van der Waals surface area (Å²) in [4.78, 5) is 0. The third-order valence-electron chi connectivity index (χ3n) is 9.12. The molecule has 0 spiro atoms. The van der Waals surface area contributed by atoms with Gasteiger partial charge >= 0.3 is 0 Å². The van der Waals surface area contributed by atoms with Crippen molar-refractivity contribution in [3.8, 4) is 0 Å². The molecule has 4 aromatic carbocycles. The first-order chi connectivity index (χ1) is 15.6. The number of thiophene rings is 1. The molecule has 2 heteroatoms. The van der Waals surface area contributed by atoms with Gasteiger partial charge in [0.15, 0.2) is 0 Å². The molecule has 0 saturated heterocycles. The highest BCUT2D eigenvalue weighted by Gasteiger charge is 2.58. The van der Waals surface area contributed by atoms with Crippen LogP contribution < -0.4 is 5.32 Å². The van der Waals surface area contributed by atoms with Crippen LogP contribution in [0, 0.1) is 5.41 Å². The van der Waals surface area contributed by atoms with E-state index in [0.29, 0.717) is 0 Å². The van der Waals surface area contributed by atoms with Crippen LogP contribution in [0.4, 0.5) is 11.4 Å². The van der Waals surface area contributed by atoms with Crippen LogP contribution in [0.1, 0.15) is 52.7 Å². The van der Waals surface area contributed by atoms with Crippen molar-refractivity contribution in [3.63, 3.8) is 0 Å². The topological polar surface area (TPSA) is 12.0 Å². The molecule has 0 aliphatic heterocycles. The van der Waals surface area contributed by atoms with Crippen LogP contribution in [0.5, 0.6) is 0 Å². The van der Waals surface area contributed by atoms with E-state index in [4.69, 9.17) is 0 Å². The van der Waals surface area contributed by atoms with Crippen molar-refractivity contribution >= 4 is 53.7 Å². The molecule has 0 amide bonds. The highest BCUT2D eigenvalue weighted by Crippen LogP contribution is 2.64. The standard InChI is InChI=1S/C31H31NS/c1-29(2)24-17-19-11-7-8-12-21(19)28(27(24)30(3,4)31(29,5)6)32-20-15-16-23-22-13-9-10-14-25(22)33-26(23)18-20/h7-18,32H,1-6H3. The average Bonchev–Trinajstić information content (AvgIpc) is 3.20. The Labute approximate surface area is 200 Å². The molecule has 1 aliphatic carbocycles. The first-order valence-electron chi connectivity index (χ1n) is 11.9. The number of hydrogen-bond acceptors (Lipinski definition) is 2. The molecule has 1 heterocycles. The highest BCUT2D eigenvalue weighted by molar-refractivity contribution is 7.25. The number of anilines is 2. The van der Waals surface area contributed by atoms with Gasteiger partial charge in [0.2, 0.25) is 0 Å². The third kappa shape index (κ3) is 2.65. The van der Waals surface area contributed by atoms with E-state index >= 15 is 0 Å².